The molecule has 0 radical (unpaired) electrons. The van der Waals surface area contributed by atoms with Crippen LogP contribution in [0.4, 0.5) is 0 Å². The minimum Gasteiger partial charge on any atom is -0.381 e. The van der Waals surface area contributed by atoms with E-state index >= 15 is 0 Å². The number of carbonyl (C=O) groups excluding carboxylic acids is 1. The second kappa shape index (κ2) is 6.14. The van der Waals surface area contributed by atoms with Gasteiger partial charge >= 0.3 is 0 Å². The summed E-state index contributed by atoms with van der Waals surface area (Å²) in [5, 5.41) is 0. The molecule has 0 aromatic rings. The quantitative estimate of drug-likeness (QED) is 0.678. The van der Waals surface area contributed by atoms with Gasteiger partial charge in [0, 0.05) is 26.2 Å². The second-order valence-corrected chi connectivity index (χ2v) is 3.80. The molecule has 3 nitrogen and oxygen atoms in total. The van der Waals surface area contributed by atoms with E-state index in [1.165, 1.54) is 0 Å². The maximum Gasteiger partial charge on any atom is 0.164 e. The molecule has 1 rings (SSSR count). The fraction of sp³-hybridized carbons (Fsp3) is 0.909. The number of methoxy groups -OCH3 is 1. The molecule has 1 atom stereocenters. The summed E-state index contributed by atoms with van der Waals surface area (Å²) in [6, 6.07) is 0. The highest BCUT2D eigenvalue weighted by molar-refractivity contribution is 5.85. The van der Waals surface area contributed by atoms with Gasteiger partial charge in [-0.25, -0.2) is 0 Å². The number of Topliss-reactive ketones (excluding diaryl/α,β-unsaturated/α-hetero) is 1. The lowest BCUT2D eigenvalue weighted by Gasteiger charge is -2.24. The van der Waals surface area contributed by atoms with Gasteiger partial charge in [0.15, 0.2) is 5.78 Å². The Hall–Kier alpha value is -0.410. The molecule has 1 saturated heterocycles. The highest BCUT2D eigenvalue weighted by atomic mass is 16.5. The monoisotopic (exact) mass is 200 g/mol. The first-order valence-corrected chi connectivity index (χ1v) is 5.43. The smallest absolute Gasteiger partial charge is 0.164 e. The highest BCUT2D eigenvalue weighted by Crippen LogP contribution is 2.19. The third-order valence-electron chi connectivity index (χ3n) is 2.78. The van der Waals surface area contributed by atoms with Crippen LogP contribution in [-0.2, 0) is 14.3 Å². The number of hydrogen-bond donors (Lipinski definition) is 0. The van der Waals surface area contributed by atoms with Gasteiger partial charge in [0.1, 0.15) is 6.10 Å². The number of hydrogen-bond acceptors (Lipinski definition) is 3. The highest BCUT2D eigenvalue weighted by Gasteiger charge is 2.27. The van der Waals surface area contributed by atoms with Gasteiger partial charge in [0.2, 0.25) is 0 Å². The molecular formula is C11H20O3. The van der Waals surface area contributed by atoms with Gasteiger partial charge < -0.3 is 9.47 Å². The Bertz CT molecular complexity index is 167. The summed E-state index contributed by atoms with van der Waals surface area (Å²) in [4.78, 5) is 11.9. The summed E-state index contributed by atoms with van der Waals surface area (Å²) < 4.78 is 10.4. The lowest BCUT2D eigenvalue weighted by molar-refractivity contribution is -0.136. The van der Waals surface area contributed by atoms with E-state index in [1.807, 2.05) is 0 Å². The molecular weight excluding hydrogens is 180 g/mol. The predicted molar refractivity (Wildman–Crippen MR) is 54.3 cm³/mol. The van der Waals surface area contributed by atoms with E-state index in [0.29, 0.717) is 0 Å². The zero-order valence-corrected chi connectivity index (χ0v) is 9.12. The molecule has 14 heavy (non-hydrogen) atoms. The van der Waals surface area contributed by atoms with Crippen molar-refractivity contribution in [1.82, 2.24) is 0 Å². The van der Waals surface area contributed by atoms with E-state index in [-0.39, 0.29) is 17.8 Å². The van der Waals surface area contributed by atoms with E-state index in [0.717, 1.165) is 38.9 Å². The van der Waals surface area contributed by atoms with Gasteiger partial charge in [-0.05, 0) is 19.3 Å². The normalized spacial score (nSPS) is 20.7. The van der Waals surface area contributed by atoms with Crippen LogP contribution in [0.1, 0.15) is 32.6 Å². The summed E-state index contributed by atoms with van der Waals surface area (Å²) in [5.41, 5.74) is 0. The lowest BCUT2D eigenvalue weighted by atomic mass is 9.91. The average Bonchev–Trinajstić information content (AvgIpc) is 2.26. The molecule has 0 aromatic heterocycles. The van der Waals surface area contributed by atoms with Crippen molar-refractivity contribution in [3.05, 3.63) is 0 Å². The first-order chi connectivity index (χ1) is 6.79. The summed E-state index contributed by atoms with van der Waals surface area (Å²) in [5.74, 6) is 0.443. The first kappa shape index (κ1) is 11.7. The van der Waals surface area contributed by atoms with Crippen molar-refractivity contribution in [1.29, 1.82) is 0 Å². The molecule has 1 aliphatic heterocycles. The van der Waals surface area contributed by atoms with Crippen molar-refractivity contribution in [2.75, 3.05) is 20.3 Å². The maximum atomic E-state index is 11.9. The number of ether oxygens (including phenoxy) is 2. The largest absolute Gasteiger partial charge is 0.381 e. The third kappa shape index (κ3) is 3.07. The van der Waals surface area contributed by atoms with Crippen LogP contribution in [0.5, 0.6) is 0 Å². The lowest BCUT2D eigenvalue weighted by Crippen LogP contribution is -2.33. The van der Waals surface area contributed by atoms with E-state index in [4.69, 9.17) is 9.47 Å². The Morgan fingerprint density at radius 2 is 2.14 bits per heavy atom. The molecule has 0 aliphatic carbocycles. The first-order valence-electron chi connectivity index (χ1n) is 5.43. The summed E-state index contributed by atoms with van der Waals surface area (Å²) in [6.07, 6.45) is 3.37. The standard InChI is InChI=1S/C11H20O3/c1-3-4-10(13-2)11(12)9-5-7-14-8-6-9/h9-10H,3-8H2,1-2H3. The van der Waals surface area contributed by atoms with E-state index in [9.17, 15) is 4.79 Å². The summed E-state index contributed by atoms with van der Waals surface area (Å²) >= 11 is 0. The zero-order chi connectivity index (χ0) is 10.4. The fourth-order valence-corrected chi connectivity index (χ4v) is 1.88. The Labute approximate surface area is 85.8 Å². The Kier molecular flexibility index (Phi) is 5.12. The van der Waals surface area contributed by atoms with Crippen molar-refractivity contribution in [2.24, 2.45) is 5.92 Å². The van der Waals surface area contributed by atoms with Crippen molar-refractivity contribution >= 4 is 5.78 Å². The van der Waals surface area contributed by atoms with Crippen LogP contribution in [0.15, 0.2) is 0 Å². The molecule has 0 amide bonds. The average molecular weight is 200 g/mol. The van der Waals surface area contributed by atoms with Crippen LogP contribution in [0.3, 0.4) is 0 Å². The molecule has 0 saturated carbocycles. The van der Waals surface area contributed by atoms with Gasteiger partial charge in [0.25, 0.3) is 0 Å². The van der Waals surface area contributed by atoms with Crippen LogP contribution in [-0.4, -0.2) is 32.2 Å². The van der Waals surface area contributed by atoms with Crippen molar-refractivity contribution in [3.63, 3.8) is 0 Å². The van der Waals surface area contributed by atoms with Crippen LogP contribution in [0.25, 0.3) is 0 Å². The van der Waals surface area contributed by atoms with Crippen LogP contribution in [0, 0.1) is 5.92 Å². The van der Waals surface area contributed by atoms with Gasteiger partial charge in [-0.15, -0.1) is 0 Å². The van der Waals surface area contributed by atoms with Crippen LogP contribution in [0.2, 0.25) is 0 Å². The minimum atomic E-state index is -0.192. The third-order valence-corrected chi connectivity index (χ3v) is 2.78. The zero-order valence-electron chi connectivity index (χ0n) is 9.12. The van der Waals surface area contributed by atoms with Gasteiger partial charge in [0.05, 0.1) is 0 Å². The predicted octanol–water partition coefficient (Wildman–Crippen LogP) is 1.80. The van der Waals surface area contributed by atoms with Crippen molar-refractivity contribution < 1.29 is 14.3 Å². The van der Waals surface area contributed by atoms with Crippen LogP contribution >= 0.6 is 0 Å². The van der Waals surface area contributed by atoms with E-state index in [2.05, 4.69) is 6.92 Å². The molecule has 1 unspecified atom stereocenters. The molecule has 1 fully saturated rings. The Balaban J connectivity index is 2.43. The molecule has 0 N–H and O–H groups in total. The molecule has 0 aromatic carbocycles. The van der Waals surface area contributed by atoms with E-state index in [1.54, 1.807) is 7.11 Å². The molecule has 0 spiro atoms. The van der Waals surface area contributed by atoms with Gasteiger partial charge in [-0.2, -0.15) is 0 Å². The second-order valence-electron chi connectivity index (χ2n) is 3.80. The molecule has 1 aliphatic rings. The number of rotatable bonds is 5. The van der Waals surface area contributed by atoms with Crippen molar-refractivity contribution in [3.8, 4) is 0 Å². The Morgan fingerprint density at radius 3 is 2.64 bits per heavy atom. The maximum absolute atomic E-state index is 11.9. The molecule has 82 valence electrons. The molecule has 3 heteroatoms. The summed E-state index contributed by atoms with van der Waals surface area (Å²) in [7, 11) is 1.62. The molecule has 0 bridgehead atoms. The number of ketones is 1. The molecule has 1 heterocycles. The number of carbonyl (C=O) groups is 1. The minimum absolute atomic E-state index is 0.167. The van der Waals surface area contributed by atoms with Gasteiger partial charge in [-0.1, -0.05) is 13.3 Å². The summed E-state index contributed by atoms with van der Waals surface area (Å²) in [6.45, 7) is 3.52. The fourth-order valence-electron chi connectivity index (χ4n) is 1.88. The Morgan fingerprint density at radius 1 is 1.50 bits per heavy atom. The topological polar surface area (TPSA) is 35.5 Å². The van der Waals surface area contributed by atoms with Crippen LogP contribution < -0.4 is 0 Å². The van der Waals surface area contributed by atoms with E-state index < -0.39 is 0 Å². The van der Waals surface area contributed by atoms with Gasteiger partial charge in [-0.3, -0.25) is 4.79 Å². The van der Waals surface area contributed by atoms with Crippen molar-refractivity contribution in [2.45, 2.75) is 38.7 Å². The SMILES string of the molecule is CCCC(OC)C(=O)C1CCOCC1.